The van der Waals surface area contributed by atoms with Crippen LogP contribution in [0.25, 0.3) is 0 Å². The molecule has 0 spiro atoms. The van der Waals surface area contributed by atoms with Gasteiger partial charge in [0.1, 0.15) is 0 Å². The first-order chi connectivity index (χ1) is 14.6. The first-order valence-corrected chi connectivity index (χ1v) is 11.3. The molecule has 6 atom stereocenters. The SMILES string of the molecule is CCNC(=NCCN1C(=O)C2C3C=CC(C3)C2C1=O)NC1CC1c1cccc(Cl)c1.I. The Morgan fingerprint density at radius 1 is 1.16 bits per heavy atom. The van der Waals surface area contributed by atoms with E-state index in [1.165, 1.54) is 10.5 Å². The molecule has 2 bridgehead atoms. The second-order valence-electron chi connectivity index (χ2n) is 8.74. The molecule has 2 saturated carbocycles. The number of fused-ring (bicyclic) bond motifs is 5. The van der Waals surface area contributed by atoms with Crippen LogP contribution in [0.5, 0.6) is 0 Å². The summed E-state index contributed by atoms with van der Waals surface area (Å²) >= 11 is 6.11. The van der Waals surface area contributed by atoms with Crippen molar-refractivity contribution in [3.05, 3.63) is 47.0 Å². The van der Waals surface area contributed by atoms with Gasteiger partial charge in [-0.2, -0.15) is 0 Å². The first-order valence-electron chi connectivity index (χ1n) is 10.9. The molecule has 1 saturated heterocycles. The van der Waals surface area contributed by atoms with Crippen LogP contribution in [0.3, 0.4) is 0 Å². The Kier molecular flexibility index (Phi) is 6.62. The van der Waals surface area contributed by atoms with Gasteiger partial charge in [0.2, 0.25) is 11.8 Å². The molecule has 31 heavy (non-hydrogen) atoms. The number of guanidine groups is 1. The molecule has 1 aromatic rings. The zero-order chi connectivity index (χ0) is 20.8. The molecule has 8 heteroatoms. The summed E-state index contributed by atoms with van der Waals surface area (Å²) in [5.41, 5.74) is 1.24. The van der Waals surface area contributed by atoms with E-state index in [2.05, 4.69) is 33.8 Å². The Morgan fingerprint density at radius 3 is 2.52 bits per heavy atom. The van der Waals surface area contributed by atoms with Gasteiger partial charge in [0, 0.05) is 30.1 Å². The van der Waals surface area contributed by atoms with Gasteiger partial charge in [-0.15, -0.1) is 24.0 Å². The topological polar surface area (TPSA) is 73.8 Å². The van der Waals surface area contributed by atoms with Crippen LogP contribution in [0.2, 0.25) is 5.02 Å². The van der Waals surface area contributed by atoms with Gasteiger partial charge in [-0.3, -0.25) is 19.5 Å². The summed E-state index contributed by atoms with van der Waals surface area (Å²) in [4.78, 5) is 31.6. The highest BCUT2D eigenvalue weighted by Crippen LogP contribution is 2.52. The standard InChI is InChI=1S/C23H27ClN4O2.HI/c1-2-25-23(27-18-12-17(18)13-4-3-5-16(24)11-13)26-8-9-28-21(29)19-14-6-7-15(10-14)20(19)22(28)30;/h3-7,11,14-15,17-20H,2,8-10,12H2,1H3,(H2,25,26,27);1H. The van der Waals surface area contributed by atoms with E-state index in [9.17, 15) is 9.59 Å². The Balaban J connectivity index is 0.00000231. The van der Waals surface area contributed by atoms with Gasteiger partial charge in [0.05, 0.1) is 18.4 Å². The van der Waals surface area contributed by atoms with Crippen LogP contribution in [0.15, 0.2) is 41.4 Å². The zero-order valence-electron chi connectivity index (χ0n) is 17.5. The molecule has 0 aromatic heterocycles. The summed E-state index contributed by atoms with van der Waals surface area (Å²) in [7, 11) is 0. The van der Waals surface area contributed by atoms with Gasteiger partial charge < -0.3 is 10.6 Å². The second-order valence-corrected chi connectivity index (χ2v) is 9.17. The number of halogens is 2. The fraction of sp³-hybridized carbons (Fsp3) is 0.522. The van der Waals surface area contributed by atoms with Crippen molar-refractivity contribution in [3.63, 3.8) is 0 Å². The van der Waals surface area contributed by atoms with Crippen molar-refractivity contribution in [1.29, 1.82) is 0 Å². The van der Waals surface area contributed by atoms with E-state index in [-0.39, 0.29) is 59.5 Å². The minimum absolute atomic E-state index is 0. The van der Waals surface area contributed by atoms with Crippen molar-refractivity contribution in [2.45, 2.75) is 31.7 Å². The number of benzene rings is 1. The molecule has 2 N–H and O–H groups in total. The lowest BCUT2D eigenvalue weighted by atomic mass is 9.85. The average molecular weight is 555 g/mol. The third-order valence-corrected chi connectivity index (χ3v) is 7.12. The molecule has 0 radical (unpaired) electrons. The van der Waals surface area contributed by atoms with Crippen molar-refractivity contribution >= 4 is 53.4 Å². The van der Waals surface area contributed by atoms with Crippen LogP contribution in [-0.2, 0) is 9.59 Å². The molecule has 2 amide bonds. The maximum atomic E-state index is 12.8. The van der Waals surface area contributed by atoms with E-state index in [0.717, 1.165) is 30.4 Å². The van der Waals surface area contributed by atoms with Crippen LogP contribution >= 0.6 is 35.6 Å². The number of aliphatic imine (C=N–C) groups is 1. The largest absolute Gasteiger partial charge is 0.357 e. The van der Waals surface area contributed by atoms with Gasteiger partial charge in [0.15, 0.2) is 5.96 Å². The van der Waals surface area contributed by atoms with Gasteiger partial charge in [-0.05, 0) is 49.3 Å². The minimum Gasteiger partial charge on any atom is -0.357 e. The number of rotatable bonds is 6. The van der Waals surface area contributed by atoms with Crippen LogP contribution in [-0.4, -0.2) is 48.3 Å². The predicted octanol–water partition coefficient (Wildman–Crippen LogP) is 3.18. The van der Waals surface area contributed by atoms with Gasteiger partial charge in [0.25, 0.3) is 0 Å². The zero-order valence-corrected chi connectivity index (χ0v) is 20.5. The summed E-state index contributed by atoms with van der Waals surface area (Å²) in [6, 6.07) is 8.30. The number of nitrogens with zero attached hydrogens (tertiary/aromatic N) is 2. The molecule has 6 nitrogen and oxygen atoms in total. The number of nitrogens with one attached hydrogen (secondary N) is 2. The molecule has 3 fully saturated rings. The highest BCUT2D eigenvalue weighted by molar-refractivity contribution is 14.0. The van der Waals surface area contributed by atoms with E-state index in [4.69, 9.17) is 11.6 Å². The summed E-state index contributed by atoms with van der Waals surface area (Å²) in [5.74, 6) is 1.39. The van der Waals surface area contributed by atoms with Crippen molar-refractivity contribution in [2.24, 2.45) is 28.7 Å². The lowest BCUT2D eigenvalue weighted by Crippen LogP contribution is -2.40. The van der Waals surface area contributed by atoms with Crippen molar-refractivity contribution < 1.29 is 9.59 Å². The fourth-order valence-corrected chi connectivity index (χ4v) is 5.60. The summed E-state index contributed by atoms with van der Waals surface area (Å²) in [6.45, 7) is 3.53. The van der Waals surface area contributed by atoms with Crippen LogP contribution in [0, 0.1) is 23.7 Å². The van der Waals surface area contributed by atoms with Crippen molar-refractivity contribution in [1.82, 2.24) is 15.5 Å². The van der Waals surface area contributed by atoms with Crippen LogP contribution in [0.4, 0.5) is 0 Å². The fourth-order valence-electron chi connectivity index (χ4n) is 5.40. The maximum Gasteiger partial charge on any atom is 0.233 e. The number of carbonyl (C=O) groups excluding carboxylic acids is 2. The molecule has 3 aliphatic carbocycles. The predicted molar refractivity (Wildman–Crippen MR) is 132 cm³/mol. The van der Waals surface area contributed by atoms with Gasteiger partial charge in [-0.25, -0.2) is 0 Å². The number of likely N-dealkylation sites (tertiary alicyclic amines) is 1. The molecule has 4 aliphatic rings. The Morgan fingerprint density at radius 2 is 1.87 bits per heavy atom. The molecular formula is C23H28ClIN4O2. The lowest BCUT2D eigenvalue weighted by Gasteiger charge is -2.17. The molecule has 5 rings (SSSR count). The molecule has 1 aromatic carbocycles. The Bertz CT molecular complexity index is 906. The van der Waals surface area contributed by atoms with Gasteiger partial charge in [-0.1, -0.05) is 35.9 Å². The quantitative estimate of drug-likeness (QED) is 0.186. The summed E-state index contributed by atoms with van der Waals surface area (Å²) in [5, 5.41) is 7.49. The number of amides is 2. The normalized spacial score (nSPS) is 32.8. The van der Waals surface area contributed by atoms with E-state index in [1.807, 2.05) is 25.1 Å². The highest BCUT2D eigenvalue weighted by Gasteiger charge is 2.58. The molecule has 1 aliphatic heterocycles. The number of carbonyl (C=O) groups is 2. The molecule has 166 valence electrons. The molecule has 6 unspecified atom stereocenters. The minimum atomic E-state index is -0.132. The highest BCUT2D eigenvalue weighted by atomic mass is 127. The number of hydrogen-bond acceptors (Lipinski definition) is 3. The molecular weight excluding hydrogens is 527 g/mol. The summed E-state index contributed by atoms with van der Waals surface area (Å²) < 4.78 is 0. The van der Waals surface area contributed by atoms with Crippen LogP contribution < -0.4 is 10.6 Å². The number of hydrogen-bond donors (Lipinski definition) is 2. The van der Waals surface area contributed by atoms with Gasteiger partial charge >= 0.3 is 0 Å². The Hall–Kier alpha value is -1.61. The first kappa shape index (κ1) is 22.6. The average Bonchev–Trinajstić information content (AvgIpc) is 3.06. The second kappa shape index (κ2) is 9.10. The third kappa shape index (κ3) is 4.23. The number of allylic oxidation sites excluding steroid dienone is 2. The van der Waals surface area contributed by atoms with Crippen molar-refractivity contribution in [3.8, 4) is 0 Å². The maximum absolute atomic E-state index is 12.8. The van der Waals surface area contributed by atoms with E-state index in [0.29, 0.717) is 25.0 Å². The van der Waals surface area contributed by atoms with E-state index in [1.54, 1.807) is 0 Å². The Labute approximate surface area is 204 Å². The smallest absolute Gasteiger partial charge is 0.233 e. The van der Waals surface area contributed by atoms with E-state index >= 15 is 0 Å². The van der Waals surface area contributed by atoms with Crippen molar-refractivity contribution in [2.75, 3.05) is 19.6 Å². The third-order valence-electron chi connectivity index (χ3n) is 6.89. The summed E-state index contributed by atoms with van der Waals surface area (Å²) in [6.07, 6.45) is 6.24. The lowest BCUT2D eigenvalue weighted by molar-refractivity contribution is -0.140. The van der Waals surface area contributed by atoms with Crippen LogP contribution in [0.1, 0.15) is 31.2 Å². The molecule has 1 heterocycles. The van der Waals surface area contributed by atoms with E-state index < -0.39 is 0 Å². The monoisotopic (exact) mass is 554 g/mol. The number of imide groups is 1.